The first-order valence-electron chi connectivity index (χ1n) is 12.9. The Balaban J connectivity index is 3.32. The molecule has 0 aromatic heterocycles. The molecule has 0 radical (unpaired) electrons. The molecule has 4 N–H and O–H groups in total. The number of nitrogens with zero attached hydrogens (tertiary/aromatic N) is 2. The molecule has 37 heavy (non-hydrogen) atoms. The molecule has 0 saturated heterocycles. The average Bonchev–Trinajstić information content (AvgIpc) is 2.87. The van der Waals surface area contributed by atoms with Crippen LogP contribution >= 0.6 is 0 Å². The maximum Gasteiger partial charge on any atom is 0.407 e. The van der Waals surface area contributed by atoms with E-state index >= 15 is 0 Å². The van der Waals surface area contributed by atoms with Crippen LogP contribution in [0.5, 0.6) is 0 Å². The summed E-state index contributed by atoms with van der Waals surface area (Å²) in [5.74, 6) is -1.27. The van der Waals surface area contributed by atoms with Crippen molar-refractivity contribution in [3.05, 3.63) is 35.4 Å². The van der Waals surface area contributed by atoms with Gasteiger partial charge >= 0.3 is 6.09 Å². The smallest absolute Gasteiger partial charge is 0.407 e. The molecule has 2 amide bonds. The zero-order valence-corrected chi connectivity index (χ0v) is 23.0. The van der Waals surface area contributed by atoms with Crippen molar-refractivity contribution in [2.75, 3.05) is 25.4 Å². The molecule has 10 nitrogen and oxygen atoms in total. The summed E-state index contributed by atoms with van der Waals surface area (Å²) >= 11 is 0. The van der Waals surface area contributed by atoms with Crippen LogP contribution in [0.4, 0.5) is 4.79 Å². The lowest BCUT2D eigenvalue weighted by Crippen LogP contribution is -2.54. The van der Waals surface area contributed by atoms with Crippen LogP contribution in [0, 0.1) is 11.3 Å². The fourth-order valence-electron chi connectivity index (χ4n) is 4.01. The number of nitriles is 1. The summed E-state index contributed by atoms with van der Waals surface area (Å²) in [6.45, 7) is 5.47. The van der Waals surface area contributed by atoms with Crippen LogP contribution in [0.25, 0.3) is 0 Å². The van der Waals surface area contributed by atoms with Crippen LogP contribution in [0.3, 0.4) is 0 Å². The second-order valence-electron chi connectivity index (χ2n) is 9.05. The lowest BCUT2D eigenvalue weighted by atomic mass is 10.1. The summed E-state index contributed by atoms with van der Waals surface area (Å²) in [4.78, 5) is 27.4. The number of aryl methyl sites for hydroxylation is 1. The number of carbonyl (C=O) groups excluding carboxylic acids is 2. The molecule has 1 aromatic rings. The molecule has 0 aliphatic carbocycles. The first-order valence-corrected chi connectivity index (χ1v) is 14.6. The number of alkyl carbamates (subject to hydrolysis) is 1. The van der Waals surface area contributed by atoms with Crippen molar-refractivity contribution < 1.29 is 27.9 Å². The molecular weight excluding hydrogens is 496 g/mol. The van der Waals surface area contributed by atoms with Crippen molar-refractivity contribution in [1.29, 1.82) is 5.26 Å². The normalized spacial score (nSPS) is 13.0. The minimum atomic E-state index is -3.77. The molecule has 0 heterocycles. The number of aliphatic hydroxyl groups is 1. The van der Waals surface area contributed by atoms with Gasteiger partial charge in [0.15, 0.2) is 9.84 Å². The lowest BCUT2D eigenvalue weighted by Gasteiger charge is -2.30. The molecular formula is C26H42N4O6S. The van der Waals surface area contributed by atoms with Gasteiger partial charge in [-0.2, -0.15) is 5.26 Å². The molecule has 0 aliphatic heterocycles. The fraction of sp³-hybridized carbons (Fsp3) is 0.654. The van der Waals surface area contributed by atoms with Gasteiger partial charge in [0.2, 0.25) is 5.91 Å². The second-order valence-corrected chi connectivity index (χ2v) is 11.4. The van der Waals surface area contributed by atoms with Gasteiger partial charge in [0.25, 0.3) is 0 Å². The number of nitrogens with one attached hydrogen (secondary N) is 1. The summed E-state index contributed by atoms with van der Waals surface area (Å²) in [5.41, 5.74) is 7.45. The highest BCUT2D eigenvalue weighted by molar-refractivity contribution is 7.92. The quantitative estimate of drug-likeness (QED) is 0.254. The molecule has 0 bridgehead atoms. The van der Waals surface area contributed by atoms with E-state index in [-0.39, 0.29) is 32.7 Å². The Kier molecular flexibility index (Phi) is 14.8. The highest BCUT2D eigenvalue weighted by Gasteiger charge is 2.35. The summed E-state index contributed by atoms with van der Waals surface area (Å²) in [5, 5.41) is 20.7. The largest absolute Gasteiger partial charge is 0.448 e. The van der Waals surface area contributed by atoms with Crippen molar-refractivity contribution in [2.45, 2.75) is 83.2 Å². The van der Waals surface area contributed by atoms with E-state index in [9.17, 15) is 23.1 Å². The number of sulfone groups is 1. The number of ether oxygens (including phenoxy) is 1. The first-order chi connectivity index (χ1) is 17.6. The predicted octanol–water partition coefficient (Wildman–Crippen LogP) is 2.29. The van der Waals surface area contributed by atoms with Crippen molar-refractivity contribution in [2.24, 2.45) is 5.73 Å². The van der Waals surface area contributed by atoms with E-state index < -0.39 is 45.0 Å². The van der Waals surface area contributed by atoms with Gasteiger partial charge in [0.1, 0.15) is 12.6 Å². The Morgan fingerprint density at radius 1 is 1.19 bits per heavy atom. The number of hydrogen-bond acceptors (Lipinski definition) is 8. The van der Waals surface area contributed by atoms with Crippen LogP contribution < -0.4 is 11.1 Å². The summed E-state index contributed by atoms with van der Waals surface area (Å²) in [6.07, 6.45) is 0.947. The molecule has 11 heteroatoms. The van der Waals surface area contributed by atoms with Gasteiger partial charge in [-0.1, -0.05) is 57.9 Å². The number of rotatable bonds is 17. The second kappa shape index (κ2) is 16.9. The Morgan fingerprint density at radius 3 is 2.41 bits per heavy atom. The van der Waals surface area contributed by atoms with Crippen molar-refractivity contribution in [3.63, 3.8) is 0 Å². The van der Waals surface area contributed by atoms with Crippen LogP contribution in [-0.2, 0) is 32.3 Å². The van der Waals surface area contributed by atoms with Crippen molar-refractivity contribution in [3.8, 4) is 6.07 Å². The zero-order chi connectivity index (χ0) is 27.8. The minimum Gasteiger partial charge on any atom is -0.448 e. The van der Waals surface area contributed by atoms with Crippen LogP contribution in [0.2, 0.25) is 0 Å². The molecule has 0 fully saturated rings. The van der Waals surface area contributed by atoms with E-state index in [1.54, 1.807) is 0 Å². The predicted molar refractivity (Wildman–Crippen MR) is 142 cm³/mol. The van der Waals surface area contributed by atoms with Crippen LogP contribution in [0.1, 0.15) is 64.0 Å². The Morgan fingerprint density at radius 2 is 1.84 bits per heavy atom. The standard InChI is InChI=1S/C26H42N4O6S/c1-4-9-23(10-5-2)37(34,35)19-24(29-26(33)36-14-8-13-27)25(32)30(18-22(31)16-28)17-21-12-7-11-20(6-3)15-21/h7,11-12,15,22-24,31H,4-6,8-10,14,16-19,28H2,1-3H3,(H,29,33)/t22-,24+/m0/s1. The van der Waals surface area contributed by atoms with E-state index in [0.717, 1.165) is 17.5 Å². The van der Waals surface area contributed by atoms with E-state index in [1.165, 1.54) is 4.90 Å². The first kappa shape index (κ1) is 32.3. The molecule has 0 unspecified atom stereocenters. The van der Waals surface area contributed by atoms with Crippen molar-refractivity contribution >= 4 is 21.8 Å². The number of benzene rings is 1. The zero-order valence-electron chi connectivity index (χ0n) is 22.2. The van der Waals surface area contributed by atoms with Gasteiger partial charge in [-0.15, -0.1) is 0 Å². The third-order valence-electron chi connectivity index (χ3n) is 5.95. The SMILES string of the molecule is CCCC(CCC)S(=O)(=O)C[C@@H](NC(=O)OCCC#N)C(=O)N(Cc1cccc(CC)c1)C[C@@H](O)CN. The van der Waals surface area contributed by atoms with Gasteiger partial charge in [0, 0.05) is 19.6 Å². The fourth-order valence-corrected chi connectivity index (χ4v) is 6.17. The monoisotopic (exact) mass is 538 g/mol. The Bertz CT molecular complexity index is 989. The highest BCUT2D eigenvalue weighted by Crippen LogP contribution is 2.18. The van der Waals surface area contributed by atoms with Gasteiger partial charge < -0.3 is 25.8 Å². The van der Waals surface area contributed by atoms with E-state index in [0.29, 0.717) is 25.7 Å². The maximum atomic E-state index is 13.7. The Labute approximate surface area is 221 Å². The lowest BCUT2D eigenvalue weighted by molar-refractivity contribution is -0.134. The number of carbonyl (C=O) groups is 2. The van der Waals surface area contributed by atoms with Gasteiger partial charge in [-0.25, -0.2) is 13.2 Å². The van der Waals surface area contributed by atoms with Crippen LogP contribution in [0.15, 0.2) is 24.3 Å². The topological polar surface area (TPSA) is 163 Å². The van der Waals surface area contributed by atoms with E-state index in [2.05, 4.69) is 5.32 Å². The molecule has 1 rings (SSSR count). The molecule has 1 aromatic carbocycles. The molecule has 208 valence electrons. The van der Waals surface area contributed by atoms with Gasteiger partial charge in [0.05, 0.1) is 29.6 Å². The third kappa shape index (κ3) is 11.5. The number of nitrogens with two attached hydrogens (primary N) is 1. The van der Waals surface area contributed by atoms with Crippen LogP contribution in [-0.4, -0.2) is 73.3 Å². The summed E-state index contributed by atoms with van der Waals surface area (Å²) < 4.78 is 31.6. The minimum absolute atomic E-state index is 0.0397. The number of aliphatic hydroxyl groups excluding tert-OH is 1. The number of amides is 2. The highest BCUT2D eigenvalue weighted by atomic mass is 32.2. The molecule has 2 atom stereocenters. The molecule has 0 spiro atoms. The summed E-state index contributed by atoms with van der Waals surface area (Å²) in [7, 11) is -3.77. The maximum absolute atomic E-state index is 13.7. The van der Waals surface area contributed by atoms with Gasteiger partial charge in [-0.3, -0.25) is 4.79 Å². The van der Waals surface area contributed by atoms with E-state index in [1.807, 2.05) is 51.1 Å². The third-order valence-corrected chi connectivity index (χ3v) is 8.24. The molecule has 0 aliphatic rings. The number of hydrogen-bond donors (Lipinski definition) is 3. The van der Waals surface area contributed by atoms with Gasteiger partial charge in [-0.05, 0) is 30.4 Å². The Hall–Kier alpha value is -2.68. The van der Waals surface area contributed by atoms with E-state index in [4.69, 9.17) is 15.7 Å². The van der Waals surface area contributed by atoms with Crippen molar-refractivity contribution in [1.82, 2.24) is 10.2 Å². The summed E-state index contributed by atoms with van der Waals surface area (Å²) in [6, 6.07) is 8.00. The average molecular weight is 539 g/mol. The molecule has 0 saturated carbocycles.